The molecule has 0 saturated carbocycles. The maximum absolute atomic E-state index is 13.8. The molecule has 1 aromatic heterocycles. The van der Waals surface area contributed by atoms with E-state index in [1.54, 1.807) is 50.7 Å². The molecule has 1 saturated heterocycles. The van der Waals surface area contributed by atoms with Crippen LogP contribution in [-0.2, 0) is 23.0 Å². The third kappa shape index (κ3) is 5.16. The van der Waals surface area contributed by atoms with Crippen LogP contribution in [0.1, 0.15) is 50.7 Å². The Labute approximate surface area is 198 Å². The predicted molar refractivity (Wildman–Crippen MR) is 127 cm³/mol. The van der Waals surface area contributed by atoms with Crippen molar-refractivity contribution in [1.29, 1.82) is 0 Å². The summed E-state index contributed by atoms with van der Waals surface area (Å²) in [6.07, 6.45) is 1.86. The SMILES string of the molecule is Cn1cc(-c2ccc3c(c2)CCC3[C@H](NC(=O)OC(C)(C)C)C(=O)N2CCC(F)C2)ccc1=O. The minimum Gasteiger partial charge on any atom is -0.444 e. The van der Waals surface area contributed by atoms with E-state index in [4.69, 9.17) is 4.74 Å². The van der Waals surface area contributed by atoms with Crippen molar-refractivity contribution in [3.05, 3.63) is 58.0 Å². The number of fused-ring (bicyclic) bond motifs is 1. The Hall–Kier alpha value is -3.16. The van der Waals surface area contributed by atoms with Crippen molar-refractivity contribution in [2.45, 2.75) is 63.8 Å². The molecule has 8 heteroatoms. The Morgan fingerprint density at radius 2 is 1.88 bits per heavy atom. The summed E-state index contributed by atoms with van der Waals surface area (Å²) in [6, 6.07) is 8.56. The van der Waals surface area contributed by atoms with Gasteiger partial charge in [-0.3, -0.25) is 9.59 Å². The van der Waals surface area contributed by atoms with Crippen LogP contribution in [0.2, 0.25) is 0 Å². The number of halogens is 1. The molecule has 182 valence electrons. The lowest BCUT2D eigenvalue weighted by Crippen LogP contribution is -2.51. The summed E-state index contributed by atoms with van der Waals surface area (Å²) in [7, 11) is 1.72. The Bertz CT molecular complexity index is 1150. The summed E-state index contributed by atoms with van der Waals surface area (Å²) in [5.41, 5.74) is 3.24. The number of hydrogen-bond donors (Lipinski definition) is 1. The molecule has 4 rings (SSSR count). The number of aromatic nitrogens is 1. The number of pyridine rings is 1. The van der Waals surface area contributed by atoms with Crippen LogP contribution >= 0.6 is 0 Å². The van der Waals surface area contributed by atoms with Gasteiger partial charge in [0.15, 0.2) is 0 Å². The normalized spacial score (nSPS) is 20.7. The van der Waals surface area contributed by atoms with E-state index in [0.29, 0.717) is 19.4 Å². The van der Waals surface area contributed by atoms with Crippen LogP contribution in [0.25, 0.3) is 11.1 Å². The maximum Gasteiger partial charge on any atom is 0.408 e. The predicted octanol–water partition coefficient (Wildman–Crippen LogP) is 3.55. The van der Waals surface area contributed by atoms with Crippen LogP contribution in [0.3, 0.4) is 0 Å². The summed E-state index contributed by atoms with van der Waals surface area (Å²) in [5.74, 6) is -0.506. The summed E-state index contributed by atoms with van der Waals surface area (Å²) < 4.78 is 20.8. The number of carbonyl (C=O) groups is 2. The number of rotatable bonds is 4. The van der Waals surface area contributed by atoms with Crippen LogP contribution in [0.5, 0.6) is 0 Å². The van der Waals surface area contributed by atoms with Gasteiger partial charge in [0.1, 0.15) is 17.8 Å². The first-order chi connectivity index (χ1) is 16.0. The van der Waals surface area contributed by atoms with Gasteiger partial charge >= 0.3 is 6.09 Å². The number of nitrogens with zero attached hydrogens (tertiary/aromatic N) is 2. The Morgan fingerprint density at radius 3 is 2.53 bits per heavy atom. The van der Waals surface area contributed by atoms with E-state index in [1.165, 1.54) is 4.90 Å². The van der Waals surface area contributed by atoms with E-state index in [1.807, 2.05) is 12.1 Å². The molecule has 1 aliphatic carbocycles. The molecular formula is C26H32FN3O4. The third-order valence-electron chi connectivity index (χ3n) is 6.47. The Morgan fingerprint density at radius 1 is 1.15 bits per heavy atom. The van der Waals surface area contributed by atoms with Gasteiger partial charge < -0.3 is 19.5 Å². The summed E-state index contributed by atoms with van der Waals surface area (Å²) in [5, 5.41) is 2.80. The van der Waals surface area contributed by atoms with Gasteiger partial charge in [0, 0.05) is 31.8 Å². The first-order valence-corrected chi connectivity index (χ1v) is 11.7. The molecule has 7 nitrogen and oxygen atoms in total. The van der Waals surface area contributed by atoms with Gasteiger partial charge in [-0.15, -0.1) is 0 Å². The van der Waals surface area contributed by atoms with Gasteiger partial charge in [0.2, 0.25) is 11.5 Å². The molecule has 0 bridgehead atoms. The van der Waals surface area contributed by atoms with E-state index in [0.717, 1.165) is 28.7 Å². The minimum absolute atomic E-state index is 0.0522. The van der Waals surface area contributed by atoms with E-state index >= 15 is 0 Å². The van der Waals surface area contributed by atoms with Crippen molar-refractivity contribution in [1.82, 2.24) is 14.8 Å². The average molecular weight is 470 g/mol. The second-order valence-corrected chi connectivity index (χ2v) is 10.2. The van der Waals surface area contributed by atoms with Crippen molar-refractivity contribution in [3.63, 3.8) is 0 Å². The van der Waals surface area contributed by atoms with E-state index in [2.05, 4.69) is 11.4 Å². The van der Waals surface area contributed by atoms with Crippen molar-refractivity contribution in [2.24, 2.45) is 7.05 Å². The van der Waals surface area contributed by atoms with Crippen LogP contribution in [0.4, 0.5) is 9.18 Å². The van der Waals surface area contributed by atoms with Crippen molar-refractivity contribution in [3.8, 4) is 11.1 Å². The quantitative estimate of drug-likeness (QED) is 0.743. The highest BCUT2D eigenvalue weighted by Crippen LogP contribution is 2.38. The molecular weight excluding hydrogens is 437 g/mol. The highest BCUT2D eigenvalue weighted by molar-refractivity contribution is 5.87. The molecule has 1 aromatic carbocycles. The molecule has 2 heterocycles. The number of aryl methyl sites for hydroxylation is 2. The largest absolute Gasteiger partial charge is 0.444 e. The van der Waals surface area contributed by atoms with Crippen LogP contribution in [0.15, 0.2) is 41.3 Å². The Kier molecular flexibility index (Phi) is 6.51. The highest BCUT2D eigenvalue weighted by atomic mass is 19.1. The number of hydrogen-bond acceptors (Lipinski definition) is 4. The standard InChI is InChI=1S/C26H32FN3O4/c1-26(2,3)34-25(33)28-23(24(32)30-12-11-19(27)15-30)21-9-6-17-13-16(5-8-20(17)21)18-7-10-22(31)29(4)14-18/h5,7-8,10,13-14,19,21,23H,6,9,11-12,15H2,1-4H3,(H,28,33)/t19?,21?,23-/m0/s1. The first-order valence-electron chi connectivity index (χ1n) is 11.7. The van der Waals surface area contributed by atoms with Gasteiger partial charge in [-0.05, 0) is 68.4 Å². The maximum atomic E-state index is 13.8. The third-order valence-corrected chi connectivity index (χ3v) is 6.47. The number of amides is 2. The van der Waals surface area contributed by atoms with Crippen molar-refractivity contribution in [2.75, 3.05) is 13.1 Å². The van der Waals surface area contributed by atoms with Gasteiger partial charge in [0.05, 0.1) is 6.54 Å². The first kappa shape index (κ1) is 24.0. The van der Waals surface area contributed by atoms with E-state index in [9.17, 15) is 18.8 Å². The zero-order chi connectivity index (χ0) is 24.6. The van der Waals surface area contributed by atoms with E-state index < -0.39 is 23.9 Å². The number of carbonyl (C=O) groups excluding carboxylic acids is 2. The second kappa shape index (κ2) is 9.24. The molecule has 1 fully saturated rings. The summed E-state index contributed by atoms with van der Waals surface area (Å²) in [4.78, 5) is 39.3. The molecule has 0 radical (unpaired) electrons. The molecule has 2 unspecified atom stereocenters. The number of nitrogens with one attached hydrogen (secondary N) is 1. The number of alkyl carbamates (subject to hydrolysis) is 1. The fourth-order valence-electron chi connectivity index (χ4n) is 4.82. The molecule has 3 atom stereocenters. The van der Waals surface area contributed by atoms with Crippen molar-refractivity contribution >= 4 is 12.0 Å². The second-order valence-electron chi connectivity index (χ2n) is 10.2. The van der Waals surface area contributed by atoms with Gasteiger partial charge in [-0.2, -0.15) is 0 Å². The van der Waals surface area contributed by atoms with Crippen LogP contribution in [-0.4, -0.2) is 52.4 Å². The number of ether oxygens (including phenoxy) is 1. The van der Waals surface area contributed by atoms with Gasteiger partial charge in [-0.1, -0.05) is 18.2 Å². The lowest BCUT2D eigenvalue weighted by molar-refractivity contribution is -0.133. The number of likely N-dealkylation sites (tertiary alicyclic amines) is 1. The lowest BCUT2D eigenvalue weighted by atomic mass is 9.91. The fourth-order valence-corrected chi connectivity index (χ4v) is 4.82. The molecule has 34 heavy (non-hydrogen) atoms. The highest BCUT2D eigenvalue weighted by Gasteiger charge is 2.40. The Balaban J connectivity index is 1.62. The lowest BCUT2D eigenvalue weighted by Gasteiger charge is -2.30. The number of benzene rings is 1. The van der Waals surface area contributed by atoms with Crippen LogP contribution < -0.4 is 10.9 Å². The zero-order valence-electron chi connectivity index (χ0n) is 20.1. The smallest absolute Gasteiger partial charge is 0.408 e. The molecule has 2 amide bonds. The average Bonchev–Trinajstić information content (AvgIpc) is 3.38. The molecule has 1 aliphatic heterocycles. The van der Waals surface area contributed by atoms with Gasteiger partial charge in [-0.25, -0.2) is 9.18 Å². The minimum atomic E-state index is -1.04. The van der Waals surface area contributed by atoms with Crippen LogP contribution in [0, 0.1) is 0 Å². The molecule has 2 aromatic rings. The summed E-state index contributed by atoms with van der Waals surface area (Å²) in [6.45, 7) is 5.70. The van der Waals surface area contributed by atoms with Crippen molar-refractivity contribution < 1.29 is 18.7 Å². The molecule has 0 spiro atoms. The molecule has 1 N–H and O–H groups in total. The molecule has 2 aliphatic rings. The van der Waals surface area contributed by atoms with Gasteiger partial charge in [0.25, 0.3) is 0 Å². The zero-order valence-corrected chi connectivity index (χ0v) is 20.1. The fraction of sp³-hybridized carbons (Fsp3) is 0.500. The van der Waals surface area contributed by atoms with E-state index in [-0.39, 0.29) is 23.9 Å². The monoisotopic (exact) mass is 469 g/mol. The topological polar surface area (TPSA) is 80.6 Å². The summed E-state index contributed by atoms with van der Waals surface area (Å²) >= 11 is 0. The number of alkyl halides is 1.